The number of likely N-dealkylation sites (N-methyl/N-ethyl adjacent to an activating group) is 1. The molecular weight excluding hydrogens is 468 g/mol. The fraction of sp³-hybridized carbons (Fsp3) is 0.500. The molecule has 3 aromatic rings. The van der Waals surface area contributed by atoms with Gasteiger partial charge in [0.2, 0.25) is 11.8 Å². The minimum atomic E-state index is -0.186. The summed E-state index contributed by atoms with van der Waals surface area (Å²) in [5.74, 6) is -0.0662. The standard InChI is InChI=1S/C28H36N6O3/c1-18-21(20-8-4-5-9-23(20)30-18)17-26(36)34-14-6-10-25(35)32(2)19-11-12-24-22(16-19)27(31-33(24)3)28(37)29-13-7-15-34/h4-5,8-9,19,30H,6-7,10-17H2,1-3H3,(H,29,37). The summed E-state index contributed by atoms with van der Waals surface area (Å²) in [6, 6.07) is 8.07. The number of aryl methyl sites for hydroxylation is 2. The molecule has 2 bridgehead atoms. The highest BCUT2D eigenvalue weighted by Gasteiger charge is 2.31. The van der Waals surface area contributed by atoms with Crippen molar-refractivity contribution in [3.63, 3.8) is 0 Å². The second kappa shape index (κ2) is 10.4. The number of aromatic amines is 1. The first kappa shape index (κ1) is 25.0. The third-order valence-electron chi connectivity index (χ3n) is 8.00. The van der Waals surface area contributed by atoms with E-state index >= 15 is 0 Å². The first-order valence-electron chi connectivity index (χ1n) is 13.3. The van der Waals surface area contributed by atoms with Crippen LogP contribution in [0.15, 0.2) is 24.3 Å². The topological polar surface area (TPSA) is 103 Å². The summed E-state index contributed by atoms with van der Waals surface area (Å²) >= 11 is 0. The number of para-hydroxylation sites is 1. The Balaban J connectivity index is 1.34. The fourth-order valence-corrected chi connectivity index (χ4v) is 5.83. The van der Waals surface area contributed by atoms with E-state index in [1.54, 1.807) is 4.68 Å². The SMILES string of the molecule is Cc1[nH]c2ccccc2c1CC(=O)N1CCCNC(=O)c2nn(C)c3c2CC(CC3)N(C)C(=O)CCC1. The van der Waals surface area contributed by atoms with Gasteiger partial charge in [-0.05, 0) is 50.7 Å². The van der Waals surface area contributed by atoms with Crippen molar-refractivity contribution in [2.45, 2.75) is 57.9 Å². The molecule has 0 radical (unpaired) electrons. The summed E-state index contributed by atoms with van der Waals surface area (Å²) in [6.45, 7) is 3.50. The van der Waals surface area contributed by atoms with Crippen LogP contribution >= 0.6 is 0 Å². The van der Waals surface area contributed by atoms with Crippen LogP contribution in [0.4, 0.5) is 0 Å². The molecule has 1 aliphatic carbocycles. The van der Waals surface area contributed by atoms with Crippen molar-refractivity contribution >= 4 is 28.6 Å². The molecule has 0 saturated carbocycles. The number of benzene rings is 1. The number of H-pyrrole nitrogens is 1. The van der Waals surface area contributed by atoms with Crippen LogP contribution in [0.5, 0.6) is 0 Å². The summed E-state index contributed by atoms with van der Waals surface area (Å²) in [4.78, 5) is 46.6. The quantitative estimate of drug-likeness (QED) is 0.560. The first-order chi connectivity index (χ1) is 17.8. The number of carbonyl (C=O) groups excluding carboxylic acids is 3. The van der Waals surface area contributed by atoms with Gasteiger partial charge in [0.25, 0.3) is 5.91 Å². The van der Waals surface area contributed by atoms with Crippen molar-refractivity contribution in [2.24, 2.45) is 7.05 Å². The Hall–Kier alpha value is -3.62. The summed E-state index contributed by atoms with van der Waals surface area (Å²) in [6.07, 6.45) is 4.24. The number of carbonyl (C=O) groups is 3. The maximum Gasteiger partial charge on any atom is 0.272 e. The van der Waals surface area contributed by atoms with Gasteiger partial charge in [-0.1, -0.05) is 18.2 Å². The zero-order valence-electron chi connectivity index (χ0n) is 22.0. The molecule has 2 N–H and O–H groups in total. The zero-order chi connectivity index (χ0) is 26.1. The molecule has 37 heavy (non-hydrogen) atoms. The lowest BCUT2D eigenvalue weighted by Crippen LogP contribution is -2.41. The van der Waals surface area contributed by atoms with Crippen LogP contribution in [0.25, 0.3) is 10.9 Å². The normalized spacial score (nSPS) is 19.5. The van der Waals surface area contributed by atoms with Crippen molar-refractivity contribution in [1.29, 1.82) is 0 Å². The molecule has 2 aromatic heterocycles. The van der Waals surface area contributed by atoms with Gasteiger partial charge in [0.05, 0.1) is 6.42 Å². The van der Waals surface area contributed by atoms with Crippen molar-refractivity contribution < 1.29 is 14.4 Å². The third kappa shape index (κ3) is 4.99. The van der Waals surface area contributed by atoms with Crippen LogP contribution in [0.3, 0.4) is 0 Å². The van der Waals surface area contributed by atoms with Crippen LogP contribution in [0.1, 0.15) is 58.7 Å². The van der Waals surface area contributed by atoms with Crippen LogP contribution < -0.4 is 5.32 Å². The number of hydrogen-bond acceptors (Lipinski definition) is 4. The van der Waals surface area contributed by atoms with Gasteiger partial charge in [-0.15, -0.1) is 0 Å². The molecule has 3 heterocycles. The lowest BCUT2D eigenvalue weighted by atomic mass is 9.90. The van der Waals surface area contributed by atoms with E-state index in [2.05, 4.69) is 15.4 Å². The number of aromatic nitrogens is 3. The lowest BCUT2D eigenvalue weighted by molar-refractivity contribution is -0.134. The van der Waals surface area contributed by atoms with Crippen LogP contribution in [0, 0.1) is 6.92 Å². The molecule has 196 valence electrons. The third-order valence-corrected chi connectivity index (χ3v) is 8.00. The number of fused-ring (bicyclic) bond motifs is 2. The molecule has 0 saturated heterocycles. The van der Waals surface area contributed by atoms with Crippen molar-refractivity contribution in [3.8, 4) is 0 Å². The summed E-state index contributed by atoms with van der Waals surface area (Å²) < 4.78 is 1.80. The molecule has 9 nitrogen and oxygen atoms in total. The number of hydrogen-bond donors (Lipinski definition) is 2. The van der Waals surface area contributed by atoms with E-state index in [0.29, 0.717) is 57.4 Å². The Morgan fingerprint density at radius 3 is 2.73 bits per heavy atom. The molecule has 1 atom stereocenters. The van der Waals surface area contributed by atoms with E-state index in [0.717, 1.165) is 46.3 Å². The maximum atomic E-state index is 13.5. The Morgan fingerprint density at radius 2 is 1.89 bits per heavy atom. The van der Waals surface area contributed by atoms with Crippen molar-refractivity contribution in [1.82, 2.24) is 29.9 Å². The van der Waals surface area contributed by atoms with Gasteiger partial charge in [0.15, 0.2) is 5.69 Å². The van der Waals surface area contributed by atoms with Crippen LogP contribution in [-0.2, 0) is 35.9 Å². The molecule has 9 heteroatoms. The average Bonchev–Trinajstić information content (AvgIpc) is 3.39. The van der Waals surface area contributed by atoms with Gasteiger partial charge >= 0.3 is 0 Å². The minimum Gasteiger partial charge on any atom is -0.358 e. The lowest BCUT2D eigenvalue weighted by Gasteiger charge is -2.32. The fourth-order valence-electron chi connectivity index (χ4n) is 5.83. The van der Waals surface area contributed by atoms with Gasteiger partial charge < -0.3 is 20.1 Å². The molecule has 1 unspecified atom stereocenters. The highest BCUT2D eigenvalue weighted by Crippen LogP contribution is 2.27. The molecule has 2 aliphatic rings. The molecule has 0 spiro atoms. The monoisotopic (exact) mass is 504 g/mol. The highest BCUT2D eigenvalue weighted by molar-refractivity contribution is 5.94. The number of rotatable bonds is 2. The van der Waals surface area contributed by atoms with Gasteiger partial charge in [0.1, 0.15) is 0 Å². The van der Waals surface area contributed by atoms with E-state index in [-0.39, 0.29) is 23.8 Å². The van der Waals surface area contributed by atoms with Crippen molar-refractivity contribution in [2.75, 3.05) is 26.7 Å². The number of nitrogens with one attached hydrogen (secondary N) is 2. The molecule has 0 fully saturated rings. The first-order valence-corrected chi connectivity index (χ1v) is 13.3. The smallest absolute Gasteiger partial charge is 0.272 e. The molecular formula is C28H36N6O3. The molecule has 5 rings (SSSR count). The summed E-state index contributed by atoms with van der Waals surface area (Å²) in [5, 5.41) is 8.59. The molecule has 1 aliphatic heterocycles. The van der Waals surface area contributed by atoms with Gasteiger partial charge in [-0.25, -0.2) is 0 Å². The highest BCUT2D eigenvalue weighted by atomic mass is 16.2. The Morgan fingerprint density at radius 1 is 1.11 bits per heavy atom. The summed E-state index contributed by atoms with van der Waals surface area (Å²) in [5.41, 5.74) is 5.54. The molecule has 3 amide bonds. The molecule has 1 aromatic carbocycles. The maximum absolute atomic E-state index is 13.5. The van der Waals surface area contributed by atoms with E-state index in [9.17, 15) is 14.4 Å². The van der Waals surface area contributed by atoms with E-state index in [4.69, 9.17) is 0 Å². The largest absolute Gasteiger partial charge is 0.358 e. The van der Waals surface area contributed by atoms with E-state index in [1.165, 1.54) is 0 Å². The van der Waals surface area contributed by atoms with E-state index in [1.807, 2.05) is 55.1 Å². The van der Waals surface area contributed by atoms with Gasteiger partial charge in [0, 0.05) is 74.0 Å². The zero-order valence-corrected chi connectivity index (χ0v) is 22.0. The number of nitrogens with zero attached hydrogens (tertiary/aromatic N) is 4. The Kier molecular flexibility index (Phi) is 7.04. The summed E-state index contributed by atoms with van der Waals surface area (Å²) in [7, 11) is 3.73. The van der Waals surface area contributed by atoms with Crippen LogP contribution in [0.2, 0.25) is 0 Å². The van der Waals surface area contributed by atoms with Crippen molar-refractivity contribution in [3.05, 3.63) is 52.5 Å². The second-order valence-corrected chi connectivity index (χ2v) is 10.3. The predicted octanol–water partition coefficient (Wildman–Crippen LogP) is 2.51. The number of amides is 3. The average molecular weight is 505 g/mol. The van der Waals surface area contributed by atoms with Gasteiger partial charge in [-0.2, -0.15) is 5.10 Å². The predicted molar refractivity (Wildman–Crippen MR) is 141 cm³/mol. The minimum absolute atomic E-state index is 0.0387. The Bertz CT molecular complexity index is 1340. The Labute approximate surface area is 217 Å². The van der Waals surface area contributed by atoms with Crippen LogP contribution in [-0.4, -0.2) is 75.0 Å². The van der Waals surface area contributed by atoms with Gasteiger partial charge in [-0.3, -0.25) is 19.1 Å². The van der Waals surface area contributed by atoms with E-state index < -0.39 is 0 Å². The second-order valence-electron chi connectivity index (χ2n) is 10.3.